The normalized spacial score (nSPS) is 23.2. The predicted octanol–water partition coefficient (Wildman–Crippen LogP) is 3.11. The molecule has 2 heteroatoms. The predicted molar refractivity (Wildman–Crippen MR) is 65.2 cm³/mol. The minimum atomic E-state index is 0.489. The molecule has 1 fully saturated rings. The molecule has 1 saturated heterocycles. The molecule has 0 spiro atoms. The van der Waals surface area contributed by atoms with Crippen LogP contribution in [-0.4, -0.2) is 25.3 Å². The summed E-state index contributed by atoms with van der Waals surface area (Å²) < 4.78 is 5.58. The molecule has 90 valence electrons. The minimum Gasteiger partial charge on any atom is -0.377 e. The summed E-state index contributed by atoms with van der Waals surface area (Å²) in [5.74, 6) is 0. The van der Waals surface area contributed by atoms with Crippen LogP contribution in [0.25, 0.3) is 0 Å². The molecule has 1 aliphatic rings. The Morgan fingerprint density at radius 2 is 2.20 bits per heavy atom. The summed E-state index contributed by atoms with van der Waals surface area (Å²) in [6.07, 6.45) is 9.77. The third kappa shape index (κ3) is 6.16. The zero-order chi connectivity index (χ0) is 10.9. The van der Waals surface area contributed by atoms with Crippen molar-refractivity contribution in [1.82, 2.24) is 5.32 Å². The number of ether oxygens (including phenoxy) is 1. The summed E-state index contributed by atoms with van der Waals surface area (Å²) in [4.78, 5) is 0. The Kier molecular flexibility index (Phi) is 7.03. The highest BCUT2D eigenvalue weighted by molar-refractivity contribution is 4.70. The lowest BCUT2D eigenvalue weighted by atomic mass is 10.1. The Hall–Kier alpha value is -0.0800. The zero-order valence-corrected chi connectivity index (χ0v) is 10.4. The van der Waals surface area contributed by atoms with Crippen LogP contribution in [0.4, 0.5) is 0 Å². The van der Waals surface area contributed by atoms with Gasteiger partial charge in [-0.25, -0.2) is 0 Å². The SMILES string of the molecule is CCCCCC[C@@H](C)NC[C@@H]1CCCO1. The van der Waals surface area contributed by atoms with Gasteiger partial charge in [0.05, 0.1) is 6.10 Å². The minimum absolute atomic E-state index is 0.489. The number of unbranched alkanes of at least 4 members (excludes halogenated alkanes) is 3. The maximum absolute atomic E-state index is 5.58. The molecule has 0 saturated carbocycles. The van der Waals surface area contributed by atoms with Crippen LogP contribution in [-0.2, 0) is 4.74 Å². The largest absolute Gasteiger partial charge is 0.377 e. The molecule has 2 nitrogen and oxygen atoms in total. The summed E-state index contributed by atoms with van der Waals surface area (Å²) >= 11 is 0. The van der Waals surface area contributed by atoms with Gasteiger partial charge in [-0.15, -0.1) is 0 Å². The number of hydrogen-bond acceptors (Lipinski definition) is 2. The molecule has 0 unspecified atom stereocenters. The van der Waals surface area contributed by atoms with Gasteiger partial charge in [0.2, 0.25) is 0 Å². The Morgan fingerprint density at radius 1 is 1.33 bits per heavy atom. The zero-order valence-electron chi connectivity index (χ0n) is 10.4. The first-order valence-corrected chi connectivity index (χ1v) is 6.68. The maximum Gasteiger partial charge on any atom is 0.0700 e. The molecule has 0 amide bonds. The molecular formula is C13H27NO. The van der Waals surface area contributed by atoms with Crippen molar-refractivity contribution < 1.29 is 4.74 Å². The van der Waals surface area contributed by atoms with Crippen LogP contribution in [0.3, 0.4) is 0 Å². The van der Waals surface area contributed by atoms with Crippen LogP contribution in [0, 0.1) is 0 Å². The van der Waals surface area contributed by atoms with E-state index in [1.54, 1.807) is 0 Å². The summed E-state index contributed by atoms with van der Waals surface area (Å²) in [6, 6.07) is 0.658. The first kappa shape index (κ1) is 13.0. The van der Waals surface area contributed by atoms with E-state index in [2.05, 4.69) is 19.2 Å². The van der Waals surface area contributed by atoms with Crippen LogP contribution in [0.2, 0.25) is 0 Å². The van der Waals surface area contributed by atoms with E-state index in [9.17, 15) is 0 Å². The van der Waals surface area contributed by atoms with Crippen LogP contribution >= 0.6 is 0 Å². The number of nitrogens with one attached hydrogen (secondary N) is 1. The van der Waals surface area contributed by atoms with Crippen molar-refractivity contribution in [3.63, 3.8) is 0 Å². The molecule has 15 heavy (non-hydrogen) atoms. The van der Waals surface area contributed by atoms with E-state index in [1.807, 2.05) is 0 Å². The summed E-state index contributed by atoms with van der Waals surface area (Å²) in [5.41, 5.74) is 0. The van der Waals surface area contributed by atoms with Crippen molar-refractivity contribution in [2.75, 3.05) is 13.2 Å². The average molecular weight is 213 g/mol. The first-order chi connectivity index (χ1) is 7.33. The van der Waals surface area contributed by atoms with Crippen molar-refractivity contribution in [2.24, 2.45) is 0 Å². The molecule has 0 aliphatic carbocycles. The third-order valence-corrected chi connectivity index (χ3v) is 3.21. The van der Waals surface area contributed by atoms with Crippen molar-refractivity contribution in [3.05, 3.63) is 0 Å². The van der Waals surface area contributed by atoms with Gasteiger partial charge in [0, 0.05) is 19.2 Å². The molecule has 1 aliphatic heterocycles. The third-order valence-electron chi connectivity index (χ3n) is 3.21. The van der Waals surface area contributed by atoms with Crippen molar-refractivity contribution in [3.8, 4) is 0 Å². The standard InChI is InChI=1S/C13H27NO/c1-3-4-5-6-8-12(2)14-11-13-9-7-10-15-13/h12-14H,3-11H2,1-2H3/t12-,13+/m1/s1. The fourth-order valence-corrected chi connectivity index (χ4v) is 2.12. The molecule has 0 aromatic heterocycles. The fourth-order valence-electron chi connectivity index (χ4n) is 2.12. The number of hydrogen-bond donors (Lipinski definition) is 1. The lowest BCUT2D eigenvalue weighted by molar-refractivity contribution is 0.107. The molecule has 0 radical (unpaired) electrons. The average Bonchev–Trinajstić information content (AvgIpc) is 2.74. The van der Waals surface area contributed by atoms with Crippen LogP contribution < -0.4 is 5.32 Å². The first-order valence-electron chi connectivity index (χ1n) is 6.68. The van der Waals surface area contributed by atoms with Gasteiger partial charge >= 0.3 is 0 Å². The van der Waals surface area contributed by atoms with E-state index in [4.69, 9.17) is 4.74 Å². The Morgan fingerprint density at radius 3 is 2.87 bits per heavy atom. The highest BCUT2D eigenvalue weighted by atomic mass is 16.5. The highest BCUT2D eigenvalue weighted by Crippen LogP contribution is 2.11. The summed E-state index contributed by atoms with van der Waals surface area (Å²) in [5, 5.41) is 3.58. The molecular weight excluding hydrogens is 186 g/mol. The molecule has 2 atom stereocenters. The molecule has 1 rings (SSSR count). The van der Waals surface area contributed by atoms with Gasteiger partial charge in [-0.3, -0.25) is 0 Å². The molecule has 0 aromatic rings. The second-order valence-corrected chi connectivity index (χ2v) is 4.79. The molecule has 0 aromatic carbocycles. The van der Waals surface area contributed by atoms with E-state index in [-0.39, 0.29) is 0 Å². The summed E-state index contributed by atoms with van der Waals surface area (Å²) in [7, 11) is 0. The van der Waals surface area contributed by atoms with Gasteiger partial charge in [-0.05, 0) is 26.2 Å². The topological polar surface area (TPSA) is 21.3 Å². The van der Waals surface area contributed by atoms with Gasteiger partial charge in [-0.1, -0.05) is 32.6 Å². The Labute approximate surface area is 94.8 Å². The fraction of sp³-hybridized carbons (Fsp3) is 1.00. The van der Waals surface area contributed by atoms with E-state index >= 15 is 0 Å². The van der Waals surface area contributed by atoms with Gasteiger partial charge in [-0.2, -0.15) is 0 Å². The Balaban J connectivity index is 1.90. The second-order valence-electron chi connectivity index (χ2n) is 4.79. The van der Waals surface area contributed by atoms with Crippen molar-refractivity contribution in [1.29, 1.82) is 0 Å². The monoisotopic (exact) mass is 213 g/mol. The van der Waals surface area contributed by atoms with E-state index in [1.165, 1.54) is 44.9 Å². The smallest absolute Gasteiger partial charge is 0.0700 e. The lowest BCUT2D eigenvalue weighted by Crippen LogP contribution is -2.33. The molecule has 0 bridgehead atoms. The van der Waals surface area contributed by atoms with Crippen LogP contribution in [0.15, 0.2) is 0 Å². The van der Waals surface area contributed by atoms with Gasteiger partial charge < -0.3 is 10.1 Å². The highest BCUT2D eigenvalue weighted by Gasteiger charge is 2.15. The second kappa shape index (κ2) is 8.12. The van der Waals surface area contributed by atoms with E-state index < -0.39 is 0 Å². The van der Waals surface area contributed by atoms with Gasteiger partial charge in [0.15, 0.2) is 0 Å². The molecule has 1 heterocycles. The summed E-state index contributed by atoms with van der Waals surface area (Å²) in [6.45, 7) is 6.58. The Bertz CT molecular complexity index is 143. The van der Waals surface area contributed by atoms with Crippen molar-refractivity contribution >= 4 is 0 Å². The van der Waals surface area contributed by atoms with Gasteiger partial charge in [0.1, 0.15) is 0 Å². The quantitative estimate of drug-likeness (QED) is 0.626. The van der Waals surface area contributed by atoms with Crippen molar-refractivity contribution in [2.45, 2.75) is 70.9 Å². The van der Waals surface area contributed by atoms with Crippen LogP contribution in [0.1, 0.15) is 58.8 Å². The van der Waals surface area contributed by atoms with E-state index in [0.717, 1.165) is 13.2 Å². The number of rotatable bonds is 8. The lowest BCUT2D eigenvalue weighted by Gasteiger charge is -2.16. The van der Waals surface area contributed by atoms with E-state index in [0.29, 0.717) is 12.1 Å². The maximum atomic E-state index is 5.58. The van der Waals surface area contributed by atoms with Gasteiger partial charge in [0.25, 0.3) is 0 Å². The molecule has 1 N–H and O–H groups in total. The van der Waals surface area contributed by atoms with Crippen LogP contribution in [0.5, 0.6) is 0 Å².